The molecule has 4 aliphatic carbocycles. The Morgan fingerprint density at radius 3 is 1.46 bits per heavy atom. The Kier molecular flexibility index (Phi) is 4.34. The van der Waals surface area contributed by atoms with Crippen LogP contribution in [0, 0.1) is 23.7 Å². The molecule has 0 radical (unpaired) electrons. The minimum Gasteiger partial charge on any atom is -0.386 e. The lowest BCUT2D eigenvalue weighted by Gasteiger charge is -2.11. The Balaban J connectivity index is 1.26. The van der Waals surface area contributed by atoms with Crippen LogP contribution in [-0.4, -0.2) is 23.9 Å². The lowest BCUT2D eigenvalue weighted by atomic mass is 9.99. The Bertz CT molecular complexity index is 707. The van der Waals surface area contributed by atoms with E-state index in [0.29, 0.717) is 23.0 Å². The Morgan fingerprint density at radius 2 is 1.15 bits per heavy atom. The first kappa shape index (κ1) is 16.9. The molecule has 26 heavy (non-hydrogen) atoms. The molecular weight excluding hydrogens is 336 g/mol. The van der Waals surface area contributed by atoms with Gasteiger partial charge in [0.2, 0.25) is 0 Å². The molecule has 0 amide bonds. The Hall–Kier alpha value is -2.50. The fraction of sp³-hybridized carbons (Fsp3) is 0.500. The molecule has 4 atom stereocenters. The topological polar surface area (TPSA) is 86.7 Å². The van der Waals surface area contributed by atoms with E-state index >= 15 is 0 Å². The van der Waals surface area contributed by atoms with Gasteiger partial charge in [0.05, 0.1) is 0 Å². The molecule has 4 unspecified atom stereocenters. The van der Waals surface area contributed by atoms with Crippen LogP contribution in [0.1, 0.15) is 38.5 Å². The summed E-state index contributed by atoms with van der Waals surface area (Å²) in [5, 5.41) is 0. The standard InChI is InChI=1S/C20H20O6/c21-17(25-19(23)15-9-11-1-3-13(15)7-11)5-6-18(22)26-20(24)16-10-12-2-4-14(16)8-12/h5-6,9-14H,1-4,7-8H2/b6-5-. The highest BCUT2D eigenvalue weighted by molar-refractivity contribution is 6.04. The minimum absolute atomic E-state index is 0.182. The van der Waals surface area contributed by atoms with E-state index in [1.807, 2.05) is 12.2 Å². The molecule has 0 aliphatic heterocycles. The average Bonchev–Trinajstić information content (AvgIpc) is 3.39. The second kappa shape index (κ2) is 6.67. The van der Waals surface area contributed by atoms with Crippen LogP contribution in [0.15, 0.2) is 35.5 Å². The molecule has 6 nitrogen and oxygen atoms in total. The molecule has 0 aromatic heterocycles. The molecular formula is C20H20O6. The molecule has 136 valence electrons. The molecule has 0 saturated heterocycles. The molecule has 0 aromatic carbocycles. The van der Waals surface area contributed by atoms with Crippen LogP contribution in [-0.2, 0) is 28.7 Å². The van der Waals surface area contributed by atoms with Crippen LogP contribution in [0.4, 0.5) is 0 Å². The monoisotopic (exact) mass is 356 g/mol. The zero-order chi connectivity index (χ0) is 18.3. The molecule has 4 bridgehead atoms. The number of hydrogen-bond donors (Lipinski definition) is 0. The molecule has 6 heteroatoms. The molecule has 4 rings (SSSR count). The summed E-state index contributed by atoms with van der Waals surface area (Å²) in [6.07, 6.45) is 11.3. The predicted molar refractivity (Wildman–Crippen MR) is 89.2 cm³/mol. The van der Waals surface area contributed by atoms with Gasteiger partial charge < -0.3 is 9.47 Å². The van der Waals surface area contributed by atoms with Gasteiger partial charge in [-0.3, -0.25) is 0 Å². The van der Waals surface area contributed by atoms with Crippen LogP contribution in [0.5, 0.6) is 0 Å². The van der Waals surface area contributed by atoms with Crippen molar-refractivity contribution in [2.24, 2.45) is 23.7 Å². The van der Waals surface area contributed by atoms with Gasteiger partial charge in [-0.1, -0.05) is 12.2 Å². The van der Waals surface area contributed by atoms with Gasteiger partial charge in [-0.2, -0.15) is 0 Å². The van der Waals surface area contributed by atoms with E-state index in [2.05, 4.69) is 0 Å². The van der Waals surface area contributed by atoms with E-state index < -0.39 is 23.9 Å². The van der Waals surface area contributed by atoms with Crippen LogP contribution < -0.4 is 0 Å². The highest BCUT2D eigenvalue weighted by atomic mass is 16.6. The van der Waals surface area contributed by atoms with Gasteiger partial charge in [0, 0.05) is 23.3 Å². The third kappa shape index (κ3) is 3.28. The first-order valence-electron chi connectivity index (χ1n) is 9.13. The van der Waals surface area contributed by atoms with E-state index in [0.717, 1.165) is 50.7 Å². The summed E-state index contributed by atoms with van der Waals surface area (Å²) in [6, 6.07) is 0. The van der Waals surface area contributed by atoms with Gasteiger partial charge in [0.15, 0.2) is 0 Å². The number of allylic oxidation sites excluding steroid dienone is 2. The average molecular weight is 356 g/mol. The summed E-state index contributed by atoms with van der Waals surface area (Å²) in [6.45, 7) is 0. The lowest BCUT2D eigenvalue weighted by molar-refractivity contribution is -0.156. The predicted octanol–water partition coefficient (Wildman–Crippen LogP) is 2.39. The fourth-order valence-electron chi connectivity index (χ4n) is 4.65. The van der Waals surface area contributed by atoms with Crippen molar-refractivity contribution in [3.63, 3.8) is 0 Å². The number of hydrogen-bond acceptors (Lipinski definition) is 6. The Labute approximate surface area is 150 Å². The first-order chi connectivity index (χ1) is 12.5. The van der Waals surface area contributed by atoms with Crippen molar-refractivity contribution in [3.8, 4) is 0 Å². The number of esters is 4. The summed E-state index contributed by atoms with van der Waals surface area (Å²) < 4.78 is 9.49. The zero-order valence-electron chi connectivity index (χ0n) is 14.3. The number of rotatable bonds is 4. The van der Waals surface area contributed by atoms with Crippen molar-refractivity contribution in [2.45, 2.75) is 38.5 Å². The minimum atomic E-state index is -0.942. The van der Waals surface area contributed by atoms with Crippen LogP contribution in [0.2, 0.25) is 0 Å². The van der Waals surface area contributed by atoms with Crippen LogP contribution >= 0.6 is 0 Å². The van der Waals surface area contributed by atoms with Crippen molar-refractivity contribution in [3.05, 3.63) is 35.5 Å². The van der Waals surface area contributed by atoms with Crippen molar-refractivity contribution in [1.29, 1.82) is 0 Å². The van der Waals surface area contributed by atoms with Crippen LogP contribution in [0.25, 0.3) is 0 Å². The zero-order valence-corrected chi connectivity index (χ0v) is 14.3. The number of fused-ring (bicyclic) bond motifs is 4. The highest BCUT2D eigenvalue weighted by Crippen LogP contribution is 2.44. The maximum atomic E-state index is 12.0. The van der Waals surface area contributed by atoms with E-state index in [-0.39, 0.29) is 11.8 Å². The molecule has 0 aromatic rings. The van der Waals surface area contributed by atoms with Gasteiger partial charge in [-0.25, -0.2) is 19.2 Å². The lowest BCUT2D eigenvalue weighted by Crippen LogP contribution is -2.18. The number of carbonyl (C=O) groups is 4. The van der Waals surface area contributed by atoms with E-state index in [1.165, 1.54) is 0 Å². The molecule has 2 fully saturated rings. The van der Waals surface area contributed by atoms with E-state index in [4.69, 9.17) is 9.47 Å². The Morgan fingerprint density at radius 1 is 0.731 bits per heavy atom. The van der Waals surface area contributed by atoms with Crippen molar-refractivity contribution < 1.29 is 28.7 Å². The third-order valence-corrected chi connectivity index (χ3v) is 5.87. The van der Waals surface area contributed by atoms with E-state index in [9.17, 15) is 19.2 Å². The maximum absolute atomic E-state index is 12.0. The van der Waals surface area contributed by atoms with Gasteiger partial charge >= 0.3 is 23.9 Å². The first-order valence-corrected chi connectivity index (χ1v) is 9.13. The molecule has 4 aliphatic rings. The summed E-state index contributed by atoms with van der Waals surface area (Å²) in [4.78, 5) is 47.4. The normalized spacial score (nSPS) is 31.1. The molecule has 0 N–H and O–H groups in total. The molecule has 0 heterocycles. The summed E-state index contributed by atoms with van der Waals surface area (Å²) >= 11 is 0. The largest absolute Gasteiger partial charge is 0.386 e. The summed E-state index contributed by atoms with van der Waals surface area (Å²) in [7, 11) is 0. The van der Waals surface area contributed by atoms with Crippen molar-refractivity contribution in [1.82, 2.24) is 0 Å². The number of carbonyl (C=O) groups excluding carboxylic acids is 4. The smallest absolute Gasteiger partial charge is 0.341 e. The second-order valence-electron chi connectivity index (χ2n) is 7.53. The number of ether oxygens (including phenoxy) is 2. The molecule has 0 spiro atoms. The SMILES string of the molecule is O=C(/C=C\C(=O)OC(=O)C1=CC2CCC1C2)OC(=O)C1=CC2CCC1C2. The maximum Gasteiger partial charge on any atom is 0.341 e. The summed E-state index contributed by atoms with van der Waals surface area (Å²) in [5.74, 6) is -2.00. The third-order valence-electron chi connectivity index (χ3n) is 5.87. The van der Waals surface area contributed by atoms with Crippen molar-refractivity contribution >= 4 is 23.9 Å². The molecule has 2 saturated carbocycles. The van der Waals surface area contributed by atoms with Gasteiger partial charge in [0.25, 0.3) is 0 Å². The van der Waals surface area contributed by atoms with Crippen molar-refractivity contribution in [2.75, 3.05) is 0 Å². The van der Waals surface area contributed by atoms with Gasteiger partial charge in [-0.05, 0) is 62.2 Å². The van der Waals surface area contributed by atoms with Gasteiger partial charge in [0.1, 0.15) is 0 Å². The van der Waals surface area contributed by atoms with Gasteiger partial charge in [-0.15, -0.1) is 0 Å². The fourth-order valence-corrected chi connectivity index (χ4v) is 4.65. The van der Waals surface area contributed by atoms with Crippen LogP contribution in [0.3, 0.4) is 0 Å². The second-order valence-corrected chi connectivity index (χ2v) is 7.53. The van der Waals surface area contributed by atoms with E-state index in [1.54, 1.807) is 0 Å². The highest BCUT2D eigenvalue weighted by Gasteiger charge is 2.38. The quantitative estimate of drug-likeness (QED) is 0.437. The summed E-state index contributed by atoms with van der Waals surface area (Å²) in [5.41, 5.74) is 1.12.